The highest BCUT2D eigenvalue weighted by atomic mass is 32.1. The molecule has 0 bridgehead atoms. The third-order valence-electron chi connectivity index (χ3n) is 2.40. The number of aromatic amines is 1. The fraction of sp³-hybridized carbons (Fsp3) is 0.273. The molecule has 2 aromatic rings. The van der Waals surface area contributed by atoms with Gasteiger partial charge in [-0.1, -0.05) is 0 Å². The van der Waals surface area contributed by atoms with Gasteiger partial charge >= 0.3 is 12.0 Å². The molecule has 0 radical (unpaired) electrons. The summed E-state index contributed by atoms with van der Waals surface area (Å²) in [5.41, 5.74) is 0.917. The van der Waals surface area contributed by atoms with Crippen LogP contribution in [-0.2, 0) is 13.0 Å². The van der Waals surface area contributed by atoms with Gasteiger partial charge < -0.3 is 15.7 Å². The number of hydrogen-bond acceptors (Lipinski definition) is 5. The second kappa shape index (κ2) is 6.66. The summed E-state index contributed by atoms with van der Waals surface area (Å²) in [6.45, 7) is 0.784. The van der Waals surface area contributed by atoms with Gasteiger partial charge in [0.05, 0.1) is 11.2 Å². The van der Waals surface area contributed by atoms with Crippen molar-refractivity contribution in [1.29, 1.82) is 0 Å². The van der Waals surface area contributed by atoms with E-state index < -0.39 is 5.97 Å². The van der Waals surface area contributed by atoms with Gasteiger partial charge in [-0.25, -0.2) is 14.6 Å². The van der Waals surface area contributed by atoms with Crippen LogP contribution in [0.3, 0.4) is 0 Å². The number of hydrogen-bond donors (Lipinski definition) is 4. The molecule has 20 heavy (non-hydrogen) atoms. The SMILES string of the molecule is O=C(NCCc1nc(C(=O)O)cs1)NCc1cn[nH]c1. The molecule has 0 aromatic carbocycles. The van der Waals surface area contributed by atoms with Crippen molar-refractivity contribution in [2.45, 2.75) is 13.0 Å². The number of carboxylic acids is 1. The van der Waals surface area contributed by atoms with Crippen LogP contribution in [0.1, 0.15) is 21.1 Å². The normalized spacial score (nSPS) is 10.2. The Labute approximate surface area is 118 Å². The molecule has 2 heterocycles. The summed E-state index contributed by atoms with van der Waals surface area (Å²) < 4.78 is 0. The number of urea groups is 1. The average Bonchev–Trinajstić information content (AvgIpc) is 3.07. The van der Waals surface area contributed by atoms with Crippen LogP contribution in [0.4, 0.5) is 4.79 Å². The van der Waals surface area contributed by atoms with E-state index in [4.69, 9.17) is 5.11 Å². The van der Waals surface area contributed by atoms with Gasteiger partial charge in [-0.15, -0.1) is 11.3 Å². The third kappa shape index (κ3) is 4.05. The Morgan fingerprint density at radius 3 is 2.90 bits per heavy atom. The molecule has 0 aliphatic rings. The highest BCUT2D eigenvalue weighted by Crippen LogP contribution is 2.09. The molecule has 0 aliphatic heterocycles. The zero-order valence-electron chi connectivity index (χ0n) is 10.4. The molecule has 0 saturated heterocycles. The Balaban J connectivity index is 1.67. The fourth-order valence-corrected chi connectivity index (χ4v) is 2.20. The van der Waals surface area contributed by atoms with E-state index in [1.54, 1.807) is 12.4 Å². The molecule has 8 nitrogen and oxygen atoms in total. The Morgan fingerprint density at radius 1 is 1.40 bits per heavy atom. The maximum Gasteiger partial charge on any atom is 0.355 e. The first-order valence-electron chi connectivity index (χ1n) is 5.82. The van der Waals surface area contributed by atoms with Crippen LogP contribution >= 0.6 is 11.3 Å². The van der Waals surface area contributed by atoms with Crippen LogP contribution in [-0.4, -0.2) is 38.8 Å². The molecule has 0 saturated carbocycles. The van der Waals surface area contributed by atoms with Crippen LogP contribution in [0.25, 0.3) is 0 Å². The number of carbonyl (C=O) groups is 2. The number of aromatic carboxylic acids is 1. The highest BCUT2D eigenvalue weighted by Gasteiger charge is 2.08. The maximum atomic E-state index is 11.5. The monoisotopic (exact) mass is 295 g/mol. The van der Waals surface area contributed by atoms with Gasteiger partial charge in [-0.3, -0.25) is 5.10 Å². The van der Waals surface area contributed by atoms with Crippen molar-refractivity contribution in [2.75, 3.05) is 6.54 Å². The van der Waals surface area contributed by atoms with Gasteiger partial charge in [0, 0.05) is 36.7 Å². The summed E-state index contributed by atoms with van der Waals surface area (Å²) in [4.78, 5) is 26.1. The molecule has 2 amide bonds. The summed E-state index contributed by atoms with van der Waals surface area (Å²) in [5, 5.41) is 22.7. The molecule has 106 valence electrons. The number of carboxylic acid groups (broad SMARTS) is 1. The average molecular weight is 295 g/mol. The molecular formula is C11H13N5O3S. The zero-order chi connectivity index (χ0) is 14.4. The van der Waals surface area contributed by atoms with E-state index in [9.17, 15) is 9.59 Å². The summed E-state index contributed by atoms with van der Waals surface area (Å²) in [7, 11) is 0. The Hall–Kier alpha value is -2.42. The van der Waals surface area contributed by atoms with E-state index in [-0.39, 0.29) is 11.7 Å². The van der Waals surface area contributed by atoms with Crippen molar-refractivity contribution >= 4 is 23.3 Å². The van der Waals surface area contributed by atoms with Crippen molar-refractivity contribution in [2.24, 2.45) is 0 Å². The molecule has 2 aromatic heterocycles. The van der Waals surface area contributed by atoms with Gasteiger partial charge in [0.25, 0.3) is 0 Å². The number of nitrogens with zero attached hydrogens (tertiary/aromatic N) is 2. The first kappa shape index (κ1) is 14.0. The van der Waals surface area contributed by atoms with Gasteiger partial charge in [0.1, 0.15) is 0 Å². The number of carbonyl (C=O) groups excluding carboxylic acids is 1. The molecule has 2 rings (SSSR count). The Kier molecular flexibility index (Phi) is 4.66. The fourth-order valence-electron chi connectivity index (χ4n) is 1.43. The van der Waals surface area contributed by atoms with Gasteiger partial charge in [0.2, 0.25) is 0 Å². The standard InChI is InChI=1S/C11H13N5O3S/c17-10(18)8-6-20-9(16-8)1-2-12-11(19)13-3-7-4-14-15-5-7/h4-6H,1-3H2,(H,14,15)(H,17,18)(H2,12,13,19). The van der Waals surface area contributed by atoms with E-state index >= 15 is 0 Å². The van der Waals surface area contributed by atoms with Crippen molar-refractivity contribution in [3.8, 4) is 0 Å². The topological polar surface area (TPSA) is 120 Å². The van der Waals surface area contributed by atoms with Gasteiger partial charge in [-0.2, -0.15) is 5.10 Å². The molecule has 4 N–H and O–H groups in total. The van der Waals surface area contributed by atoms with Crippen molar-refractivity contribution < 1.29 is 14.7 Å². The second-order valence-electron chi connectivity index (χ2n) is 3.90. The van der Waals surface area contributed by atoms with E-state index in [0.717, 1.165) is 5.56 Å². The van der Waals surface area contributed by atoms with Crippen LogP contribution in [0.15, 0.2) is 17.8 Å². The smallest absolute Gasteiger partial charge is 0.355 e. The van der Waals surface area contributed by atoms with Crippen LogP contribution < -0.4 is 10.6 Å². The Bertz CT molecular complexity index is 581. The van der Waals surface area contributed by atoms with E-state index in [0.29, 0.717) is 24.5 Å². The molecular weight excluding hydrogens is 282 g/mol. The number of amides is 2. The lowest BCUT2D eigenvalue weighted by Crippen LogP contribution is -2.36. The van der Waals surface area contributed by atoms with Crippen LogP contribution in [0.5, 0.6) is 0 Å². The zero-order valence-corrected chi connectivity index (χ0v) is 11.2. The van der Waals surface area contributed by atoms with Crippen molar-refractivity contribution in [3.63, 3.8) is 0 Å². The Morgan fingerprint density at radius 2 is 2.25 bits per heavy atom. The minimum absolute atomic E-state index is 0.0365. The van der Waals surface area contributed by atoms with Gasteiger partial charge in [0.15, 0.2) is 5.69 Å². The van der Waals surface area contributed by atoms with Crippen molar-refractivity contribution in [3.05, 3.63) is 34.0 Å². The molecule has 9 heteroatoms. The van der Waals surface area contributed by atoms with Gasteiger partial charge in [-0.05, 0) is 0 Å². The number of rotatable bonds is 6. The number of aromatic nitrogens is 3. The molecule has 0 spiro atoms. The minimum atomic E-state index is -1.04. The highest BCUT2D eigenvalue weighted by molar-refractivity contribution is 7.09. The van der Waals surface area contributed by atoms with Crippen LogP contribution in [0, 0.1) is 0 Å². The summed E-state index contributed by atoms with van der Waals surface area (Å²) >= 11 is 1.26. The summed E-state index contributed by atoms with van der Waals surface area (Å²) in [6.07, 6.45) is 3.82. The second-order valence-corrected chi connectivity index (χ2v) is 4.84. The molecule has 0 atom stereocenters. The molecule has 0 fully saturated rings. The number of thiazole rings is 1. The number of H-pyrrole nitrogens is 1. The van der Waals surface area contributed by atoms with E-state index in [1.165, 1.54) is 16.7 Å². The van der Waals surface area contributed by atoms with Crippen LogP contribution in [0.2, 0.25) is 0 Å². The predicted octanol–water partition coefficient (Wildman–Crippen LogP) is 0.606. The lowest BCUT2D eigenvalue weighted by molar-refractivity contribution is 0.0691. The lowest BCUT2D eigenvalue weighted by Gasteiger charge is -2.05. The summed E-state index contributed by atoms with van der Waals surface area (Å²) in [6, 6.07) is -0.291. The first-order valence-corrected chi connectivity index (χ1v) is 6.70. The van der Waals surface area contributed by atoms with E-state index in [1.807, 2.05) is 0 Å². The van der Waals surface area contributed by atoms with Crippen molar-refractivity contribution in [1.82, 2.24) is 25.8 Å². The summed E-state index contributed by atoms with van der Waals surface area (Å²) in [5.74, 6) is -1.04. The quantitative estimate of drug-likeness (QED) is 0.622. The van der Waals surface area contributed by atoms with E-state index in [2.05, 4.69) is 25.8 Å². The minimum Gasteiger partial charge on any atom is -0.476 e. The largest absolute Gasteiger partial charge is 0.476 e. The first-order chi connectivity index (χ1) is 9.65. The molecule has 0 unspecified atom stereocenters. The number of nitrogens with one attached hydrogen (secondary N) is 3. The molecule has 0 aliphatic carbocycles. The lowest BCUT2D eigenvalue weighted by atomic mass is 10.4. The maximum absolute atomic E-state index is 11.5. The predicted molar refractivity (Wildman–Crippen MR) is 71.6 cm³/mol. The third-order valence-corrected chi connectivity index (χ3v) is 3.31.